The highest BCUT2D eigenvalue weighted by Gasteiger charge is 2.59. The van der Waals surface area contributed by atoms with E-state index in [0.717, 1.165) is 21.6 Å². The first-order valence-electron chi connectivity index (χ1n) is 7.60. The van der Waals surface area contributed by atoms with Crippen LogP contribution in [-0.2, 0) is 0 Å². The summed E-state index contributed by atoms with van der Waals surface area (Å²) in [5.74, 6) is 0.820. The number of fused-ring (bicyclic) bond motifs is 2. The van der Waals surface area contributed by atoms with Gasteiger partial charge in [0.15, 0.2) is 0 Å². The summed E-state index contributed by atoms with van der Waals surface area (Å²) in [5.41, 5.74) is 8.60. The molecule has 2 aliphatic carbocycles. The fraction of sp³-hybridized carbons (Fsp3) is 0.588. The van der Waals surface area contributed by atoms with Crippen LogP contribution in [0.25, 0.3) is 0 Å². The van der Waals surface area contributed by atoms with Crippen LogP contribution in [0.4, 0.5) is 5.69 Å². The van der Waals surface area contributed by atoms with Gasteiger partial charge >= 0.3 is 0 Å². The predicted octanol–water partition coefficient (Wildman–Crippen LogP) is 4.71. The Bertz CT molecular complexity index is 594. The Hall–Kier alpha value is -0.610. The highest BCUT2D eigenvalue weighted by Crippen LogP contribution is 2.63. The molecule has 0 heterocycles. The van der Waals surface area contributed by atoms with Crippen LogP contribution in [0, 0.1) is 16.7 Å². The van der Waals surface area contributed by atoms with Crippen molar-refractivity contribution < 1.29 is 0 Å². The molecule has 2 fully saturated rings. The van der Waals surface area contributed by atoms with Crippen molar-refractivity contribution in [1.29, 1.82) is 0 Å². The molecule has 0 aliphatic heterocycles. The Labute approximate surface area is 141 Å². The van der Waals surface area contributed by atoms with E-state index < -0.39 is 0 Å². The summed E-state index contributed by atoms with van der Waals surface area (Å²) in [7, 11) is 0. The summed E-state index contributed by atoms with van der Waals surface area (Å²) in [4.78, 5) is 0.441. The van der Waals surface area contributed by atoms with Gasteiger partial charge in [-0.2, -0.15) is 0 Å². The second-order valence-electron chi connectivity index (χ2n) is 7.52. The molecule has 21 heavy (non-hydrogen) atoms. The molecule has 3 N–H and O–H groups in total. The number of rotatable bonds is 3. The SMILES string of the molecule is CC12CCC(C1)C(C)(C)C2Nc1cccc(Br)c1C(N)=S. The van der Waals surface area contributed by atoms with Crippen molar-refractivity contribution in [3.63, 3.8) is 0 Å². The lowest BCUT2D eigenvalue weighted by atomic mass is 9.68. The second-order valence-corrected chi connectivity index (χ2v) is 8.81. The summed E-state index contributed by atoms with van der Waals surface area (Å²) in [6, 6.07) is 6.58. The maximum Gasteiger partial charge on any atom is 0.107 e. The highest BCUT2D eigenvalue weighted by molar-refractivity contribution is 9.10. The first-order chi connectivity index (χ1) is 9.75. The molecule has 4 heteroatoms. The minimum atomic E-state index is 0.308. The van der Waals surface area contributed by atoms with Crippen molar-refractivity contribution in [2.75, 3.05) is 5.32 Å². The van der Waals surface area contributed by atoms with Gasteiger partial charge in [-0.15, -0.1) is 0 Å². The molecule has 2 aliphatic rings. The van der Waals surface area contributed by atoms with Crippen LogP contribution in [0.15, 0.2) is 22.7 Å². The third-order valence-corrected chi connectivity index (χ3v) is 6.69. The lowest BCUT2D eigenvalue weighted by Crippen LogP contribution is -2.46. The van der Waals surface area contributed by atoms with Crippen LogP contribution in [0.3, 0.4) is 0 Å². The van der Waals surface area contributed by atoms with Crippen LogP contribution >= 0.6 is 28.1 Å². The van der Waals surface area contributed by atoms with E-state index in [2.05, 4.69) is 48.1 Å². The molecule has 2 bridgehead atoms. The van der Waals surface area contributed by atoms with Crippen LogP contribution in [0.1, 0.15) is 45.6 Å². The van der Waals surface area contributed by atoms with Crippen molar-refractivity contribution in [3.8, 4) is 0 Å². The van der Waals surface area contributed by atoms with Gasteiger partial charge in [-0.05, 0) is 64.1 Å². The van der Waals surface area contributed by atoms with Gasteiger partial charge in [0.25, 0.3) is 0 Å². The van der Waals surface area contributed by atoms with E-state index in [-0.39, 0.29) is 0 Å². The van der Waals surface area contributed by atoms with E-state index in [9.17, 15) is 0 Å². The lowest BCUT2D eigenvalue weighted by molar-refractivity contribution is 0.155. The molecule has 1 aromatic carbocycles. The number of hydrogen-bond donors (Lipinski definition) is 2. The normalized spacial score (nSPS) is 33.1. The molecule has 114 valence electrons. The van der Waals surface area contributed by atoms with Crippen molar-refractivity contribution in [1.82, 2.24) is 0 Å². The van der Waals surface area contributed by atoms with Crippen molar-refractivity contribution >= 4 is 38.8 Å². The van der Waals surface area contributed by atoms with Gasteiger partial charge in [0.1, 0.15) is 4.99 Å². The molecule has 1 aromatic rings. The zero-order chi connectivity index (χ0) is 15.4. The van der Waals surface area contributed by atoms with Gasteiger partial charge in [-0.25, -0.2) is 0 Å². The summed E-state index contributed by atoms with van der Waals surface area (Å²) < 4.78 is 0.964. The summed E-state index contributed by atoms with van der Waals surface area (Å²) >= 11 is 8.81. The van der Waals surface area contributed by atoms with Crippen LogP contribution in [0.2, 0.25) is 0 Å². The van der Waals surface area contributed by atoms with Gasteiger partial charge < -0.3 is 11.1 Å². The monoisotopic (exact) mass is 366 g/mol. The molecule has 0 amide bonds. The fourth-order valence-electron chi connectivity index (χ4n) is 4.71. The van der Waals surface area contributed by atoms with Crippen LogP contribution in [0.5, 0.6) is 0 Å². The topological polar surface area (TPSA) is 38.0 Å². The van der Waals surface area contributed by atoms with Gasteiger partial charge in [0.2, 0.25) is 0 Å². The molecule has 2 saturated carbocycles. The number of benzene rings is 1. The fourth-order valence-corrected chi connectivity index (χ4v) is 5.64. The molecular weight excluding hydrogens is 344 g/mol. The average molecular weight is 367 g/mol. The molecule has 3 atom stereocenters. The van der Waals surface area contributed by atoms with Crippen molar-refractivity contribution in [2.45, 2.75) is 46.1 Å². The molecule has 0 saturated heterocycles. The van der Waals surface area contributed by atoms with Crippen LogP contribution < -0.4 is 11.1 Å². The van der Waals surface area contributed by atoms with E-state index in [1.54, 1.807) is 0 Å². The first-order valence-corrected chi connectivity index (χ1v) is 8.81. The molecule has 0 spiro atoms. The lowest BCUT2D eigenvalue weighted by Gasteiger charge is -2.44. The number of halogens is 1. The largest absolute Gasteiger partial charge is 0.389 e. The molecular formula is C17H23BrN2S. The number of nitrogens with two attached hydrogens (primary N) is 1. The number of nitrogens with one attached hydrogen (secondary N) is 1. The first kappa shape index (κ1) is 15.3. The van der Waals surface area contributed by atoms with Crippen molar-refractivity contribution in [2.24, 2.45) is 22.5 Å². The number of hydrogen-bond acceptors (Lipinski definition) is 2. The van der Waals surface area contributed by atoms with E-state index in [1.807, 2.05) is 12.1 Å². The number of anilines is 1. The van der Waals surface area contributed by atoms with Crippen LogP contribution in [-0.4, -0.2) is 11.0 Å². The van der Waals surface area contributed by atoms with Gasteiger partial charge in [0, 0.05) is 21.8 Å². The second kappa shape index (κ2) is 4.95. The molecule has 2 nitrogen and oxygen atoms in total. The van der Waals surface area contributed by atoms with Crippen molar-refractivity contribution in [3.05, 3.63) is 28.2 Å². The standard InChI is InChI=1S/C17H23BrN2S/c1-16(2)10-7-8-17(3,9-10)15(16)20-12-6-4-5-11(18)13(12)14(19)21/h4-6,10,15,20H,7-9H2,1-3H3,(H2,19,21). The Morgan fingerprint density at radius 3 is 2.67 bits per heavy atom. The van der Waals surface area contributed by atoms with Gasteiger partial charge in [0.05, 0.1) is 0 Å². The summed E-state index contributed by atoms with van der Waals surface area (Å²) in [6.45, 7) is 7.23. The maximum atomic E-state index is 5.93. The number of thiocarbonyl (C=S) groups is 1. The van der Waals surface area contributed by atoms with E-state index in [1.165, 1.54) is 19.3 Å². The van der Waals surface area contributed by atoms with Gasteiger partial charge in [-0.3, -0.25) is 0 Å². The molecule has 3 rings (SSSR count). The quantitative estimate of drug-likeness (QED) is 0.760. The third-order valence-electron chi connectivity index (χ3n) is 5.83. The average Bonchev–Trinajstić information content (AvgIpc) is 2.85. The third kappa shape index (κ3) is 2.31. The highest BCUT2D eigenvalue weighted by atomic mass is 79.9. The minimum Gasteiger partial charge on any atom is -0.389 e. The predicted molar refractivity (Wildman–Crippen MR) is 96.7 cm³/mol. The maximum absolute atomic E-state index is 5.93. The van der Waals surface area contributed by atoms with E-state index in [0.29, 0.717) is 21.9 Å². The Morgan fingerprint density at radius 1 is 1.38 bits per heavy atom. The molecule has 0 radical (unpaired) electrons. The zero-order valence-corrected chi connectivity index (χ0v) is 15.3. The molecule has 0 aromatic heterocycles. The molecule has 3 unspecified atom stereocenters. The van der Waals surface area contributed by atoms with E-state index >= 15 is 0 Å². The van der Waals surface area contributed by atoms with Gasteiger partial charge in [-0.1, -0.05) is 39.1 Å². The summed E-state index contributed by atoms with van der Waals surface area (Å²) in [5, 5.41) is 3.80. The smallest absolute Gasteiger partial charge is 0.107 e. The minimum absolute atomic E-state index is 0.308. The zero-order valence-electron chi connectivity index (χ0n) is 12.9. The summed E-state index contributed by atoms with van der Waals surface area (Å²) in [6.07, 6.45) is 4.01. The Morgan fingerprint density at radius 2 is 2.10 bits per heavy atom. The Balaban J connectivity index is 1.98. The Kier molecular flexibility index (Phi) is 3.61. The van der Waals surface area contributed by atoms with E-state index in [4.69, 9.17) is 18.0 Å².